The van der Waals surface area contributed by atoms with Crippen molar-refractivity contribution >= 4 is 32.3 Å². The van der Waals surface area contributed by atoms with Crippen molar-refractivity contribution in [3.63, 3.8) is 0 Å². The van der Waals surface area contributed by atoms with E-state index in [-0.39, 0.29) is 22.9 Å². The first-order valence-corrected chi connectivity index (χ1v) is 19.0. The largest absolute Gasteiger partial charge is 0.497 e. The molecule has 4 bridgehead atoms. The minimum atomic E-state index is -4.07. The number of Topliss-reactive ketones (excluding diaryl/α,β-unsaturated/α-hetero) is 1. The molecule has 0 N–H and O–H groups in total. The lowest BCUT2D eigenvalue weighted by molar-refractivity contribution is -0.147. The lowest BCUT2D eigenvalue weighted by Gasteiger charge is -2.57. The normalized spacial score (nSPS) is 25.5. The molecule has 8 heteroatoms. The van der Waals surface area contributed by atoms with Gasteiger partial charge in [-0.25, -0.2) is 12.4 Å². The van der Waals surface area contributed by atoms with E-state index < -0.39 is 15.9 Å². The molecule has 0 saturated heterocycles. The van der Waals surface area contributed by atoms with Crippen LogP contribution in [0.1, 0.15) is 61.1 Å². The Morgan fingerprint density at radius 1 is 0.780 bits per heavy atom. The van der Waals surface area contributed by atoms with E-state index in [0.717, 1.165) is 30.4 Å². The van der Waals surface area contributed by atoms with Crippen molar-refractivity contribution < 1.29 is 27.4 Å². The zero-order chi connectivity index (χ0) is 34.0. The van der Waals surface area contributed by atoms with Crippen LogP contribution in [0.3, 0.4) is 0 Å². The summed E-state index contributed by atoms with van der Waals surface area (Å²) in [4.78, 5) is 14.7. The molecule has 5 aliphatic carbocycles. The fourth-order valence-electron chi connectivity index (χ4n) is 9.50. The number of nitrogens with zero attached hydrogens (tertiary/aromatic N) is 1. The lowest BCUT2D eigenvalue weighted by Crippen LogP contribution is -2.53. The van der Waals surface area contributed by atoms with Crippen molar-refractivity contribution in [1.82, 2.24) is 3.97 Å². The van der Waals surface area contributed by atoms with Crippen LogP contribution in [0.4, 0.5) is 0 Å². The Hall–Kier alpha value is -4.82. The van der Waals surface area contributed by atoms with Gasteiger partial charge in [-0.1, -0.05) is 72.8 Å². The number of benzene rings is 4. The van der Waals surface area contributed by atoms with Gasteiger partial charge in [-0.15, -0.1) is 0 Å². The van der Waals surface area contributed by atoms with Crippen molar-refractivity contribution in [2.75, 3.05) is 7.11 Å². The SMILES string of the molecule is COc1ccc(C2=C(OC34CC5CC(CC(C5)C3)C4)C(c3cn(S(=O)(=O)c4ccccc4)c4c(OCc5ccccc5)cccc34)C2=O)cc1. The molecule has 50 heavy (non-hydrogen) atoms. The Bertz CT molecular complexity index is 2200. The molecule has 0 spiro atoms. The summed E-state index contributed by atoms with van der Waals surface area (Å²) in [6.45, 7) is 0.260. The number of ether oxygens (including phenoxy) is 3. The van der Waals surface area contributed by atoms with E-state index in [1.807, 2.05) is 66.7 Å². The number of fused-ring (bicyclic) bond motifs is 1. The molecule has 4 aromatic carbocycles. The monoisotopic (exact) mass is 685 g/mol. The first-order valence-electron chi connectivity index (χ1n) is 17.5. The van der Waals surface area contributed by atoms with Crippen molar-refractivity contribution in [2.24, 2.45) is 17.8 Å². The van der Waals surface area contributed by atoms with E-state index in [4.69, 9.17) is 14.2 Å². The molecule has 1 heterocycles. The molecule has 0 radical (unpaired) electrons. The van der Waals surface area contributed by atoms with Crippen LogP contribution in [-0.2, 0) is 26.2 Å². The summed E-state index contributed by atoms with van der Waals surface area (Å²) in [5, 5.41) is 0.647. The Morgan fingerprint density at radius 3 is 2.06 bits per heavy atom. The Balaban J connectivity index is 1.20. The lowest BCUT2D eigenvalue weighted by atomic mass is 9.54. The molecular weight excluding hydrogens is 647 g/mol. The average molecular weight is 686 g/mol. The molecule has 10 rings (SSSR count). The third-order valence-corrected chi connectivity index (χ3v) is 13.0. The predicted molar refractivity (Wildman–Crippen MR) is 191 cm³/mol. The van der Waals surface area contributed by atoms with Gasteiger partial charge in [0, 0.05) is 11.6 Å². The number of allylic oxidation sites excluding steroid dienone is 2. The fourth-order valence-corrected chi connectivity index (χ4v) is 10.9. The van der Waals surface area contributed by atoms with Crippen LogP contribution in [0, 0.1) is 17.8 Å². The first-order chi connectivity index (χ1) is 24.3. The summed E-state index contributed by atoms with van der Waals surface area (Å²) >= 11 is 0. The smallest absolute Gasteiger partial charge is 0.268 e. The van der Waals surface area contributed by atoms with E-state index in [0.29, 0.717) is 57.1 Å². The number of hydrogen-bond acceptors (Lipinski definition) is 6. The van der Waals surface area contributed by atoms with Gasteiger partial charge in [0.1, 0.15) is 40.9 Å². The average Bonchev–Trinajstić information content (AvgIpc) is 3.51. The van der Waals surface area contributed by atoms with Crippen LogP contribution in [0.5, 0.6) is 11.5 Å². The quantitative estimate of drug-likeness (QED) is 0.147. The van der Waals surface area contributed by atoms with Crippen LogP contribution in [0.2, 0.25) is 0 Å². The second-order valence-electron chi connectivity index (χ2n) is 14.6. The first kappa shape index (κ1) is 31.2. The maximum absolute atomic E-state index is 14.5. The number of methoxy groups -OCH3 is 1. The summed E-state index contributed by atoms with van der Waals surface area (Å²) in [7, 11) is -2.44. The number of carbonyl (C=O) groups excluding carboxylic acids is 1. The molecule has 5 aromatic rings. The van der Waals surface area contributed by atoms with Crippen LogP contribution in [0.15, 0.2) is 120 Å². The molecule has 7 nitrogen and oxygen atoms in total. The molecule has 5 aliphatic rings. The number of aromatic nitrogens is 1. The van der Waals surface area contributed by atoms with Gasteiger partial charge in [-0.05, 0) is 103 Å². The van der Waals surface area contributed by atoms with Gasteiger partial charge >= 0.3 is 0 Å². The van der Waals surface area contributed by atoms with E-state index in [1.54, 1.807) is 49.7 Å². The fraction of sp³-hybridized carbons (Fsp3) is 0.310. The van der Waals surface area contributed by atoms with Crippen molar-refractivity contribution in [3.05, 3.63) is 132 Å². The topological polar surface area (TPSA) is 83.8 Å². The standard InChI is InChI=1S/C42H39NO6S/c1-47-32-17-15-31(16-18-32)37-40(44)38(41(37)49-42-22-28-19-29(23-42)21-30(20-28)24-42)35-25-43(50(45,46)33-11-6-3-7-12-33)39-34(35)13-8-14-36(39)48-26-27-9-4-2-5-10-27/h2-18,25,28-30,38H,19-24,26H2,1H3. The molecule has 4 saturated carbocycles. The zero-order valence-corrected chi connectivity index (χ0v) is 28.8. The van der Waals surface area contributed by atoms with Crippen molar-refractivity contribution in [3.8, 4) is 11.5 Å². The summed E-state index contributed by atoms with van der Waals surface area (Å²) in [5.74, 6) is 2.91. The zero-order valence-electron chi connectivity index (χ0n) is 28.0. The van der Waals surface area contributed by atoms with Gasteiger partial charge in [-0.2, -0.15) is 0 Å². The Labute approximate surface area is 292 Å². The molecule has 254 valence electrons. The van der Waals surface area contributed by atoms with E-state index in [2.05, 4.69) is 0 Å². The van der Waals surface area contributed by atoms with Crippen LogP contribution >= 0.6 is 0 Å². The maximum atomic E-state index is 14.5. The highest BCUT2D eigenvalue weighted by atomic mass is 32.2. The highest BCUT2D eigenvalue weighted by molar-refractivity contribution is 7.90. The highest BCUT2D eigenvalue weighted by Gasteiger charge is 2.55. The van der Waals surface area contributed by atoms with Crippen LogP contribution in [0.25, 0.3) is 16.5 Å². The summed E-state index contributed by atoms with van der Waals surface area (Å²) in [6, 6.07) is 31.2. The highest BCUT2D eigenvalue weighted by Crippen LogP contribution is 2.60. The minimum Gasteiger partial charge on any atom is -0.497 e. The Kier molecular flexibility index (Phi) is 7.42. The third kappa shape index (κ3) is 5.15. The van der Waals surface area contributed by atoms with E-state index >= 15 is 0 Å². The van der Waals surface area contributed by atoms with Crippen LogP contribution < -0.4 is 9.47 Å². The maximum Gasteiger partial charge on any atom is 0.268 e. The number of carbonyl (C=O) groups is 1. The summed E-state index contributed by atoms with van der Waals surface area (Å²) in [6.07, 6.45) is 8.44. The molecule has 1 unspecified atom stereocenters. The number of ketones is 1. The Morgan fingerprint density at radius 2 is 1.42 bits per heavy atom. The van der Waals surface area contributed by atoms with Crippen molar-refractivity contribution in [2.45, 2.75) is 61.5 Å². The molecule has 1 aromatic heterocycles. The number of rotatable bonds is 10. The van der Waals surface area contributed by atoms with Gasteiger partial charge in [-0.3, -0.25) is 4.79 Å². The third-order valence-electron chi connectivity index (χ3n) is 11.3. The summed E-state index contributed by atoms with van der Waals surface area (Å²) < 4.78 is 49.1. The van der Waals surface area contributed by atoms with Gasteiger partial charge in [0.15, 0.2) is 5.78 Å². The number of hydrogen-bond donors (Lipinski definition) is 0. The van der Waals surface area contributed by atoms with Gasteiger partial charge in [0.05, 0.1) is 17.6 Å². The van der Waals surface area contributed by atoms with Gasteiger partial charge in [0.25, 0.3) is 10.0 Å². The second-order valence-corrected chi connectivity index (χ2v) is 16.4. The van der Waals surface area contributed by atoms with Crippen molar-refractivity contribution in [1.29, 1.82) is 0 Å². The second kappa shape index (κ2) is 11.9. The molecule has 1 atom stereocenters. The predicted octanol–water partition coefficient (Wildman–Crippen LogP) is 8.53. The molecule has 4 fully saturated rings. The van der Waals surface area contributed by atoms with E-state index in [9.17, 15) is 13.2 Å². The van der Waals surface area contributed by atoms with E-state index in [1.165, 1.54) is 23.2 Å². The minimum absolute atomic E-state index is 0.0818. The van der Waals surface area contributed by atoms with Crippen LogP contribution in [-0.4, -0.2) is 30.9 Å². The summed E-state index contributed by atoms with van der Waals surface area (Å²) in [5.41, 5.74) is 3.00. The molecule has 0 aliphatic heterocycles. The molecule has 0 amide bonds. The molecular formula is C42H39NO6S. The number of para-hydroxylation sites is 1. The van der Waals surface area contributed by atoms with Gasteiger partial charge in [0.2, 0.25) is 0 Å². The van der Waals surface area contributed by atoms with Gasteiger partial charge < -0.3 is 14.2 Å².